The van der Waals surface area contributed by atoms with Crippen molar-refractivity contribution in [3.63, 3.8) is 0 Å². The largest absolute Gasteiger partial charge is 0.422 e. The van der Waals surface area contributed by atoms with E-state index in [4.69, 9.17) is 4.74 Å². The lowest BCUT2D eigenvalue weighted by Gasteiger charge is -2.08. The highest BCUT2D eigenvalue weighted by atomic mass is 79.9. The van der Waals surface area contributed by atoms with E-state index < -0.39 is 17.7 Å². The van der Waals surface area contributed by atoms with Crippen molar-refractivity contribution in [1.29, 1.82) is 0 Å². The maximum atomic E-state index is 14.0. The Balaban J connectivity index is 1.42. The molecule has 2 N–H and O–H groups in total. The molecule has 182 valence electrons. The van der Waals surface area contributed by atoms with E-state index in [-0.39, 0.29) is 11.4 Å². The zero-order chi connectivity index (χ0) is 25.8. The van der Waals surface area contributed by atoms with Gasteiger partial charge < -0.3 is 9.72 Å². The van der Waals surface area contributed by atoms with Crippen LogP contribution in [0.4, 0.5) is 4.39 Å². The van der Waals surface area contributed by atoms with Crippen LogP contribution in [0.1, 0.15) is 26.4 Å². The van der Waals surface area contributed by atoms with Crippen LogP contribution in [-0.4, -0.2) is 23.1 Å². The van der Waals surface area contributed by atoms with Crippen LogP contribution < -0.4 is 10.2 Å². The van der Waals surface area contributed by atoms with Crippen molar-refractivity contribution < 1.29 is 18.7 Å². The number of fused-ring (bicyclic) bond motifs is 1. The van der Waals surface area contributed by atoms with Gasteiger partial charge in [0, 0.05) is 26.5 Å². The summed E-state index contributed by atoms with van der Waals surface area (Å²) in [5, 5.41) is 4.68. The van der Waals surface area contributed by atoms with E-state index in [0.717, 1.165) is 10.0 Å². The van der Waals surface area contributed by atoms with Gasteiger partial charge in [-0.25, -0.2) is 14.6 Å². The van der Waals surface area contributed by atoms with Gasteiger partial charge in [-0.05, 0) is 54.1 Å². The standard InChI is InChI=1S/C29H19BrFN3O3/c30-21-11-14-25(37-29(36)19-9-5-2-6-10-19)20(15-21)17-32-34-28(35)27-26(18-7-3-1-4-8-18)23-16-22(31)12-13-24(23)33-27/h1-17,33H,(H,34,35). The molecule has 0 spiro atoms. The second kappa shape index (κ2) is 10.6. The molecule has 0 aliphatic rings. The van der Waals surface area contributed by atoms with Gasteiger partial charge in [-0.2, -0.15) is 5.10 Å². The Bertz CT molecular complexity index is 1630. The molecule has 5 rings (SSSR count). The molecule has 0 radical (unpaired) electrons. The molecule has 0 aliphatic carbocycles. The van der Waals surface area contributed by atoms with E-state index in [1.54, 1.807) is 48.5 Å². The summed E-state index contributed by atoms with van der Waals surface area (Å²) in [6.45, 7) is 0. The number of hydrogen-bond donors (Lipinski definition) is 2. The highest BCUT2D eigenvalue weighted by Crippen LogP contribution is 2.33. The molecular weight excluding hydrogens is 537 g/mol. The van der Waals surface area contributed by atoms with Crippen LogP contribution in [0.15, 0.2) is 107 Å². The number of esters is 1. The normalized spacial score (nSPS) is 11.1. The van der Waals surface area contributed by atoms with Gasteiger partial charge in [0.1, 0.15) is 17.3 Å². The first-order valence-corrected chi connectivity index (χ1v) is 12.1. The number of halogens is 2. The Labute approximate surface area is 219 Å². The second-order valence-corrected chi connectivity index (χ2v) is 8.98. The summed E-state index contributed by atoms with van der Waals surface area (Å²) in [5.74, 6) is -1.15. The van der Waals surface area contributed by atoms with E-state index in [0.29, 0.717) is 27.6 Å². The molecule has 0 atom stereocenters. The molecule has 0 saturated carbocycles. The molecule has 0 fully saturated rings. The summed E-state index contributed by atoms with van der Waals surface area (Å²) in [7, 11) is 0. The van der Waals surface area contributed by atoms with Crippen LogP contribution in [0.3, 0.4) is 0 Å². The van der Waals surface area contributed by atoms with Crippen LogP contribution in [0, 0.1) is 5.82 Å². The predicted octanol–water partition coefficient (Wildman–Crippen LogP) is 6.72. The molecular formula is C29H19BrFN3O3. The third-order valence-corrected chi connectivity index (χ3v) is 6.10. The molecule has 0 aliphatic heterocycles. The maximum absolute atomic E-state index is 14.0. The number of hydrogen-bond acceptors (Lipinski definition) is 4. The number of aromatic nitrogens is 1. The van der Waals surface area contributed by atoms with Crippen molar-refractivity contribution in [2.45, 2.75) is 0 Å². The fourth-order valence-electron chi connectivity index (χ4n) is 3.90. The summed E-state index contributed by atoms with van der Waals surface area (Å²) < 4.78 is 20.3. The topological polar surface area (TPSA) is 83.5 Å². The minimum Gasteiger partial charge on any atom is -0.422 e. The van der Waals surface area contributed by atoms with E-state index in [2.05, 4.69) is 31.4 Å². The number of aromatic amines is 1. The number of hydrazone groups is 1. The zero-order valence-electron chi connectivity index (χ0n) is 19.2. The van der Waals surface area contributed by atoms with Crippen LogP contribution in [0.5, 0.6) is 5.75 Å². The van der Waals surface area contributed by atoms with E-state index in [9.17, 15) is 14.0 Å². The van der Waals surface area contributed by atoms with Crippen molar-refractivity contribution in [3.05, 3.63) is 124 Å². The lowest BCUT2D eigenvalue weighted by molar-refractivity contribution is 0.0734. The van der Waals surface area contributed by atoms with Gasteiger partial charge in [0.05, 0.1) is 11.8 Å². The average Bonchev–Trinajstić information content (AvgIpc) is 3.30. The van der Waals surface area contributed by atoms with Crippen molar-refractivity contribution in [3.8, 4) is 16.9 Å². The first kappa shape index (κ1) is 24.1. The number of nitrogens with one attached hydrogen (secondary N) is 2. The van der Waals surface area contributed by atoms with Gasteiger partial charge >= 0.3 is 5.97 Å². The van der Waals surface area contributed by atoms with Crippen molar-refractivity contribution in [1.82, 2.24) is 10.4 Å². The van der Waals surface area contributed by atoms with Crippen LogP contribution in [0.2, 0.25) is 0 Å². The average molecular weight is 556 g/mol. The first-order chi connectivity index (χ1) is 18.0. The minimum atomic E-state index is -0.514. The number of nitrogens with zero attached hydrogens (tertiary/aromatic N) is 1. The molecule has 8 heteroatoms. The summed E-state index contributed by atoms with van der Waals surface area (Å²) in [5.41, 5.74) is 5.59. The molecule has 1 amide bonds. The smallest absolute Gasteiger partial charge is 0.343 e. The molecule has 0 bridgehead atoms. The molecule has 0 saturated heterocycles. The van der Waals surface area contributed by atoms with Crippen LogP contribution >= 0.6 is 15.9 Å². The number of H-pyrrole nitrogens is 1. The highest BCUT2D eigenvalue weighted by molar-refractivity contribution is 9.10. The van der Waals surface area contributed by atoms with Gasteiger partial charge in [0.2, 0.25) is 0 Å². The monoisotopic (exact) mass is 555 g/mol. The lowest BCUT2D eigenvalue weighted by Crippen LogP contribution is -2.19. The quantitative estimate of drug-likeness (QED) is 0.105. The number of amides is 1. The Morgan fingerprint density at radius 3 is 2.41 bits per heavy atom. The van der Waals surface area contributed by atoms with Gasteiger partial charge in [0.15, 0.2) is 0 Å². The highest BCUT2D eigenvalue weighted by Gasteiger charge is 2.19. The third-order valence-electron chi connectivity index (χ3n) is 5.60. The van der Waals surface area contributed by atoms with Crippen molar-refractivity contribution >= 4 is 44.9 Å². The summed E-state index contributed by atoms with van der Waals surface area (Å²) in [6, 6.07) is 27.3. The van der Waals surface area contributed by atoms with E-state index >= 15 is 0 Å². The minimum absolute atomic E-state index is 0.244. The summed E-state index contributed by atoms with van der Waals surface area (Å²) >= 11 is 3.40. The lowest BCUT2D eigenvalue weighted by atomic mass is 10.0. The predicted molar refractivity (Wildman–Crippen MR) is 144 cm³/mol. The van der Waals surface area contributed by atoms with Gasteiger partial charge in [-0.1, -0.05) is 64.5 Å². The van der Waals surface area contributed by atoms with Crippen molar-refractivity contribution in [2.24, 2.45) is 5.10 Å². The Hall–Kier alpha value is -4.56. The Morgan fingerprint density at radius 2 is 1.65 bits per heavy atom. The number of rotatable bonds is 6. The fourth-order valence-corrected chi connectivity index (χ4v) is 4.28. The molecule has 4 aromatic carbocycles. The molecule has 1 aromatic heterocycles. The maximum Gasteiger partial charge on any atom is 0.343 e. The summed E-state index contributed by atoms with van der Waals surface area (Å²) in [6.07, 6.45) is 1.39. The molecule has 6 nitrogen and oxygen atoms in total. The van der Waals surface area contributed by atoms with Gasteiger partial charge in [-0.3, -0.25) is 4.79 Å². The van der Waals surface area contributed by atoms with Crippen molar-refractivity contribution in [2.75, 3.05) is 0 Å². The van der Waals surface area contributed by atoms with E-state index in [1.807, 2.05) is 36.4 Å². The second-order valence-electron chi connectivity index (χ2n) is 8.07. The van der Waals surface area contributed by atoms with Crippen LogP contribution in [0.25, 0.3) is 22.0 Å². The van der Waals surface area contributed by atoms with E-state index in [1.165, 1.54) is 18.3 Å². The Morgan fingerprint density at radius 1 is 0.919 bits per heavy atom. The molecule has 1 heterocycles. The molecule has 37 heavy (non-hydrogen) atoms. The molecule has 0 unspecified atom stereocenters. The number of ether oxygens (including phenoxy) is 1. The first-order valence-electron chi connectivity index (χ1n) is 11.3. The molecule has 5 aromatic rings. The summed E-state index contributed by atoms with van der Waals surface area (Å²) in [4.78, 5) is 28.7. The van der Waals surface area contributed by atoms with Gasteiger partial charge in [0.25, 0.3) is 5.91 Å². The SMILES string of the molecule is O=C(Oc1ccc(Br)cc1C=NNC(=O)c1[nH]c2ccc(F)cc2c1-c1ccccc1)c1ccccc1. The Kier molecular flexibility index (Phi) is 6.91. The fraction of sp³-hybridized carbons (Fsp3) is 0. The van der Waals surface area contributed by atoms with Gasteiger partial charge in [-0.15, -0.1) is 0 Å². The number of benzene rings is 4. The number of carbonyl (C=O) groups excluding carboxylic acids is 2. The van der Waals surface area contributed by atoms with Crippen LogP contribution in [-0.2, 0) is 0 Å². The number of carbonyl (C=O) groups is 2. The third kappa shape index (κ3) is 5.34. The zero-order valence-corrected chi connectivity index (χ0v) is 20.8.